The van der Waals surface area contributed by atoms with Crippen molar-refractivity contribution in [3.8, 4) is 0 Å². The number of carbonyl (C=O) groups is 1. The number of nitrogens with zero attached hydrogens (tertiary/aromatic N) is 1. The summed E-state index contributed by atoms with van der Waals surface area (Å²) < 4.78 is 0. The van der Waals surface area contributed by atoms with Crippen LogP contribution in [0.5, 0.6) is 0 Å². The van der Waals surface area contributed by atoms with Crippen LogP contribution in [0.3, 0.4) is 0 Å². The quantitative estimate of drug-likeness (QED) is 0.654. The smallest absolute Gasteiger partial charge is 0.255 e. The van der Waals surface area contributed by atoms with E-state index in [-0.39, 0.29) is 11.4 Å². The standard InChI is InChI=1S/C20H20N4OS/c1-20(9-11-26-19(21)24-20)15-4-2-13(3-5-15)18(25)23-16-6-7-17-14(12-16)8-10-22-17/h2-8,10,12,22H,9,11H2,1H3,(H2,21,24)(H,23,25). The molecule has 5 nitrogen and oxygen atoms in total. The summed E-state index contributed by atoms with van der Waals surface area (Å²) in [7, 11) is 0. The SMILES string of the molecule is CC1(c2ccc(C(=O)Nc3ccc4[nH]ccc4c3)cc2)CCSC(N)=N1. The number of amides is 1. The molecule has 1 aliphatic rings. The molecule has 1 amide bonds. The summed E-state index contributed by atoms with van der Waals surface area (Å²) in [4.78, 5) is 20.3. The maximum absolute atomic E-state index is 12.5. The molecule has 4 rings (SSSR count). The van der Waals surface area contributed by atoms with Crippen LogP contribution in [-0.4, -0.2) is 21.8 Å². The first-order chi connectivity index (χ1) is 12.5. The molecule has 132 valence electrons. The summed E-state index contributed by atoms with van der Waals surface area (Å²) >= 11 is 1.59. The van der Waals surface area contributed by atoms with Crippen molar-refractivity contribution in [1.29, 1.82) is 0 Å². The molecule has 0 saturated carbocycles. The third kappa shape index (κ3) is 3.20. The number of aromatic nitrogens is 1. The molecule has 0 bridgehead atoms. The van der Waals surface area contributed by atoms with E-state index in [9.17, 15) is 4.79 Å². The lowest BCUT2D eigenvalue weighted by molar-refractivity contribution is 0.102. The van der Waals surface area contributed by atoms with E-state index >= 15 is 0 Å². The van der Waals surface area contributed by atoms with Crippen molar-refractivity contribution in [2.24, 2.45) is 10.7 Å². The third-order valence-corrected chi connectivity index (χ3v) is 5.57. The molecule has 1 aromatic heterocycles. The van der Waals surface area contributed by atoms with E-state index in [1.165, 1.54) is 0 Å². The number of aromatic amines is 1. The van der Waals surface area contributed by atoms with Crippen LogP contribution in [0.4, 0.5) is 5.69 Å². The topological polar surface area (TPSA) is 83.3 Å². The number of H-pyrrole nitrogens is 1. The van der Waals surface area contributed by atoms with Crippen molar-refractivity contribution in [3.05, 3.63) is 65.9 Å². The number of nitrogens with two attached hydrogens (primary N) is 1. The van der Waals surface area contributed by atoms with Crippen molar-refractivity contribution in [1.82, 2.24) is 4.98 Å². The number of hydrogen-bond acceptors (Lipinski definition) is 4. The van der Waals surface area contributed by atoms with Crippen LogP contribution in [-0.2, 0) is 5.54 Å². The van der Waals surface area contributed by atoms with Crippen molar-refractivity contribution < 1.29 is 4.79 Å². The molecule has 1 unspecified atom stereocenters. The maximum atomic E-state index is 12.5. The molecule has 0 aliphatic carbocycles. The van der Waals surface area contributed by atoms with Crippen LogP contribution < -0.4 is 11.1 Å². The van der Waals surface area contributed by atoms with Gasteiger partial charge in [-0.25, -0.2) is 0 Å². The van der Waals surface area contributed by atoms with E-state index in [0.717, 1.165) is 34.3 Å². The first-order valence-electron chi connectivity index (χ1n) is 8.51. The van der Waals surface area contributed by atoms with Crippen LogP contribution in [0.2, 0.25) is 0 Å². The van der Waals surface area contributed by atoms with Gasteiger partial charge < -0.3 is 16.0 Å². The summed E-state index contributed by atoms with van der Waals surface area (Å²) in [6.45, 7) is 2.08. The zero-order chi connectivity index (χ0) is 18.1. The zero-order valence-corrected chi connectivity index (χ0v) is 15.3. The van der Waals surface area contributed by atoms with Gasteiger partial charge in [-0.05, 0) is 55.3 Å². The highest BCUT2D eigenvalue weighted by atomic mass is 32.2. The summed E-state index contributed by atoms with van der Waals surface area (Å²) in [5, 5.41) is 4.64. The normalized spacial score (nSPS) is 20.0. The summed E-state index contributed by atoms with van der Waals surface area (Å²) in [5.74, 6) is 0.828. The average molecular weight is 364 g/mol. The molecule has 0 radical (unpaired) electrons. The zero-order valence-electron chi connectivity index (χ0n) is 14.5. The minimum Gasteiger partial charge on any atom is -0.379 e. The van der Waals surface area contributed by atoms with Gasteiger partial charge in [0.25, 0.3) is 5.91 Å². The molecule has 4 N–H and O–H groups in total. The Balaban J connectivity index is 1.52. The van der Waals surface area contributed by atoms with Crippen molar-refractivity contribution in [2.75, 3.05) is 11.1 Å². The minimum absolute atomic E-state index is 0.126. The molecule has 3 aromatic rings. The molecular formula is C20H20N4OS. The monoisotopic (exact) mass is 364 g/mol. The number of fused-ring (bicyclic) bond motifs is 1. The van der Waals surface area contributed by atoms with Gasteiger partial charge in [0.15, 0.2) is 5.17 Å². The Morgan fingerprint density at radius 2 is 2.04 bits per heavy atom. The van der Waals surface area contributed by atoms with Gasteiger partial charge in [-0.15, -0.1) is 0 Å². The second-order valence-electron chi connectivity index (χ2n) is 6.63. The molecule has 2 aromatic carbocycles. The predicted molar refractivity (Wildman–Crippen MR) is 109 cm³/mol. The number of anilines is 1. The average Bonchev–Trinajstić information content (AvgIpc) is 3.09. The highest BCUT2D eigenvalue weighted by molar-refractivity contribution is 8.13. The molecule has 26 heavy (non-hydrogen) atoms. The van der Waals surface area contributed by atoms with Gasteiger partial charge in [-0.3, -0.25) is 9.79 Å². The van der Waals surface area contributed by atoms with E-state index in [1.807, 2.05) is 54.7 Å². The molecular weight excluding hydrogens is 344 g/mol. The number of aliphatic imine (C=N–C) groups is 1. The number of nitrogens with one attached hydrogen (secondary N) is 2. The molecule has 1 aliphatic heterocycles. The van der Waals surface area contributed by atoms with Crippen LogP contribution >= 0.6 is 11.8 Å². The molecule has 1 atom stereocenters. The van der Waals surface area contributed by atoms with E-state index < -0.39 is 0 Å². The van der Waals surface area contributed by atoms with Gasteiger partial charge in [0.05, 0.1) is 5.54 Å². The Kier molecular flexibility index (Phi) is 4.20. The molecule has 0 saturated heterocycles. The molecule has 0 fully saturated rings. The fraction of sp³-hybridized carbons (Fsp3) is 0.200. The van der Waals surface area contributed by atoms with E-state index in [1.54, 1.807) is 11.8 Å². The number of rotatable bonds is 3. The molecule has 2 heterocycles. The van der Waals surface area contributed by atoms with Crippen molar-refractivity contribution >= 4 is 39.4 Å². The van der Waals surface area contributed by atoms with Gasteiger partial charge in [0, 0.05) is 34.1 Å². The third-order valence-electron chi connectivity index (χ3n) is 4.78. The number of thioether (sulfide) groups is 1. The van der Waals surface area contributed by atoms with Crippen LogP contribution in [0.25, 0.3) is 10.9 Å². The fourth-order valence-corrected chi connectivity index (χ4v) is 4.18. The lowest BCUT2D eigenvalue weighted by Crippen LogP contribution is -2.28. The number of amidine groups is 1. The van der Waals surface area contributed by atoms with Crippen molar-refractivity contribution in [2.45, 2.75) is 18.9 Å². The van der Waals surface area contributed by atoms with Crippen LogP contribution in [0.15, 0.2) is 59.7 Å². The second kappa shape index (κ2) is 6.53. The molecule has 6 heteroatoms. The Hall–Kier alpha value is -2.73. The summed E-state index contributed by atoms with van der Waals surface area (Å²) in [5.41, 5.74) is 9.09. The summed E-state index contributed by atoms with van der Waals surface area (Å²) in [6, 6.07) is 15.4. The van der Waals surface area contributed by atoms with Gasteiger partial charge in [0.1, 0.15) is 0 Å². The fourth-order valence-electron chi connectivity index (χ4n) is 3.21. The highest BCUT2D eigenvalue weighted by Crippen LogP contribution is 2.35. The number of hydrogen-bond donors (Lipinski definition) is 3. The Labute approximate surface area is 156 Å². The predicted octanol–water partition coefficient (Wildman–Crippen LogP) is 4.09. The van der Waals surface area contributed by atoms with Gasteiger partial charge in [-0.1, -0.05) is 23.9 Å². The maximum Gasteiger partial charge on any atom is 0.255 e. The summed E-state index contributed by atoms with van der Waals surface area (Å²) in [6.07, 6.45) is 2.81. The first kappa shape index (κ1) is 16.7. The van der Waals surface area contributed by atoms with Gasteiger partial charge in [0.2, 0.25) is 0 Å². The number of benzene rings is 2. The highest BCUT2D eigenvalue weighted by Gasteiger charge is 2.29. The Morgan fingerprint density at radius 3 is 2.81 bits per heavy atom. The lowest BCUT2D eigenvalue weighted by atomic mass is 9.89. The number of carbonyl (C=O) groups excluding carboxylic acids is 1. The lowest BCUT2D eigenvalue weighted by Gasteiger charge is -2.29. The van der Waals surface area contributed by atoms with Gasteiger partial charge >= 0.3 is 0 Å². The Morgan fingerprint density at radius 1 is 1.23 bits per heavy atom. The Bertz CT molecular complexity index is 992. The second-order valence-corrected chi connectivity index (χ2v) is 7.75. The van der Waals surface area contributed by atoms with Gasteiger partial charge in [-0.2, -0.15) is 0 Å². The minimum atomic E-state index is -0.316. The van der Waals surface area contributed by atoms with Crippen LogP contribution in [0.1, 0.15) is 29.3 Å². The van der Waals surface area contributed by atoms with Crippen molar-refractivity contribution in [3.63, 3.8) is 0 Å². The largest absolute Gasteiger partial charge is 0.379 e. The van der Waals surface area contributed by atoms with E-state index in [0.29, 0.717) is 10.7 Å². The first-order valence-corrected chi connectivity index (χ1v) is 9.49. The van der Waals surface area contributed by atoms with Crippen LogP contribution in [0, 0.1) is 0 Å². The molecule has 0 spiro atoms. The van der Waals surface area contributed by atoms with E-state index in [4.69, 9.17) is 5.73 Å². The van der Waals surface area contributed by atoms with E-state index in [2.05, 4.69) is 22.2 Å².